The van der Waals surface area contributed by atoms with Crippen LogP contribution in [-0.2, 0) is 17.3 Å². The number of hydrogen-bond acceptors (Lipinski definition) is 7. The van der Waals surface area contributed by atoms with Gasteiger partial charge in [0, 0.05) is 38.4 Å². The average molecular weight is 469 g/mol. The molecule has 0 amide bonds. The van der Waals surface area contributed by atoms with Gasteiger partial charge in [0.15, 0.2) is 0 Å². The van der Waals surface area contributed by atoms with Crippen LogP contribution in [-0.4, -0.2) is 70.9 Å². The van der Waals surface area contributed by atoms with Gasteiger partial charge in [0.05, 0.1) is 17.9 Å². The van der Waals surface area contributed by atoms with E-state index in [1.807, 2.05) is 20.2 Å². The molecular formula is C19H29ClN8O2S. The molecule has 10 nitrogen and oxygen atoms in total. The molecule has 3 heterocycles. The lowest BCUT2D eigenvalue weighted by molar-refractivity contribution is 0.420. The third-order valence-corrected chi connectivity index (χ3v) is 8.68. The van der Waals surface area contributed by atoms with E-state index in [9.17, 15) is 8.42 Å². The Balaban J connectivity index is 1.20. The van der Waals surface area contributed by atoms with Gasteiger partial charge >= 0.3 is 0 Å². The van der Waals surface area contributed by atoms with E-state index in [0.29, 0.717) is 30.9 Å². The molecule has 4 aliphatic rings. The number of amidine groups is 1. The van der Waals surface area contributed by atoms with Crippen LogP contribution in [0.3, 0.4) is 0 Å². The standard InChI is InChI=1S/C19H29ClN8O2S/c1-11-17(20)18(25-19(22-11)24-16-7-21-27(2)10-16)23-15-5-12-8-28(9-13(12)6-15)31(29,30)26-14-3-4-14/h7,10-15,17,26H,3-6,8-9H2,1-2H3,(H2,22,23,24,25). The Labute approximate surface area is 187 Å². The van der Waals surface area contributed by atoms with Gasteiger partial charge in [-0.05, 0) is 44.4 Å². The van der Waals surface area contributed by atoms with Gasteiger partial charge in [-0.3, -0.25) is 4.68 Å². The Bertz CT molecular complexity index is 990. The summed E-state index contributed by atoms with van der Waals surface area (Å²) in [6, 6.07) is 0.264. The van der Waals surface area contributed by atoms with Crippen molar-refractivity contribution in [2.24, 2.45) is 28.9 Å². The fraction of sp³-hybridized carbons (Fsp3) is 0.737. The van der Waals surface area contributed by atoms with Gasteiger partial charge in [0.2, 0.25) is 5.96 Å². The monoisotopic (exact) mass is 468 g/mol. The maximum Gasteiger partial charge on any atom is 0.279 e. The summed E-state index contributed by atoms with van der Waals surface area (Å²) in [6.07, 6.45) is 7.32. The van der Waals surface area contributed by atoms with E-state index in [2.05, 4.69) is 30.4 Å². The summed E-state index contributed by atoms with van der Waals surface area (Å²) in [6.45, 7) is 3.15. The molecule has 0 bridgehead atoms. The second kappa shape index (κ2) is 8.02. The van der Waals surface area contributed by atoms with Crippen molar-refractivity contribution < 1.29 is 8.42 Å². The van der Waals surface area contributed by atoms with Crippen molar-refractivity contribution in [1.29, 1.82) is 0 Å². The van der Waals surface area contributed by atoms with Crippen molar-refractivity contribution in [2.45, 2.75) is 56.1 Å². The van der Waals surface area contributed by atoms with Crippen molar-refractivity contribution in [3.8, 4) is 0 Å². The molecule has 2 aliphatic heterocycles. The zero-order valence-electron chi connectivity index (χ0n) is 17.7. The van der Waals surface area contributed by atoms with Crippen LogP contribution in [0.5, 0.6) is 0 Å². The first-order valence-electron chi connectivity index (χ1n) is 10.9. The van der Waals surface area contributed by atoms with Crippen molar-refractivity contribution in [1.82, 2.24) is 24.1 Å². The number of aliphatic imine (C=N–C) groups is 2. The Morgan fingerprint density at radius 1 is 1.16 bits per heavy atom. The van der Waals surface area contributed by atoms with Crippen LogP contribution in [0.25, 0.3) is 0 Å². The molecule has 4 unspecified atom stereocenters. The smallest absolute Gasteiger partial charge is 0.279 e. The van der Waals surface area contributed by atoms with Crippen LogP contribution in [0.15, 0.2) is 22.4 Å². The van der Waals surface area contributed by atoms with Crippen molar-refractivity contribution >= 4 is 39.3 Å². The van der Waals surface area contributed by atoms with Crippen molar-refractivity contribution in [3.63, 3.8) is 0 Å². The SMILES string of the molecule is CC1N=C(Nc2cnn(C)c2)N=C(NC2CC3CN(S(=O)(=O)NC4CC4)CC3C2)C1Cl. The zero-order valence-corrected chi connectivity index (χ0v) is 19.3. The first-order valence-corrected chi connectivity index (χ1v) is 12.7. The molecule has 170 valence electrons. The molecule has 5 rings (SSSR count). The van der Waals surface area contributed by atoms with Crippen LogP contribution >= 0.6 is 11.6 Å². The molecular weight excluding hydrogens is 440 g/mol. The number of aryl methyl sites for hydroxylation is 1. The van der Waals surface area contributed by atoms with Gasteiger partial charge in [-0.15, -0.1) is 11.6 Å². The third-order valence-electron chi connectivity index (χ3n) is 6.50. The molecule has 2 saturated carbocycles. The summed E-state index contributed by atoms with van der Waals surface area (Å²) >= 11 is 6.60. The first-order chi connectivity index (χ1) is 14.8. The molecule has 0 spiro atoms. The number of nitrogens with zero attached hydrogens (tertiary/aromatic N) is 5. The number of hydrogen-bond donors (Lipinski definition) is 3. The summed E-state index contributed by atoms with van der Waals surface area (Å²) in [5.41, 5.74) is 0.820. The third kappa shape index (κ3) is 4.59. The Morgan fingerprint density at radius 3 is 2.48 bits per heavy atom. The summed E-state index contributed by atoms with van der Waals surface area (Å²) < 4.78 is 31.2. The normalized spacial score (nSPS) is 33.7. The number of anilines is 1. The fourth-order valence-electron chi connectivity index (χ4n) is 4.74. The molecule has 4 atom stereocenters. The summed E-state index contributed by atoms with van der Waals surface area (Å²) in [4.78, 5) is 9.17. The minimum absolute atomic E-state index is 0.115. The number of halogens is 1. The molecule has 3 N–H and O–H groups in total. The number of guanidine groups is 1. The van der Waals surface area contributed by atoms with E-state index in [1.54, 1.807) is 15.2 Å². The second-order valence-corrected chi connectivity index (χ2v) is 11.3. The van der Waals surface area contributed by atoms with Crippen LogP contribution in [0.4, 0.5) is 5.69 Å². The van der Waals surface area contributed by atoms with Crippen molar-refractivity contribution in [2.75, 3.05) is 18.4 Å². The summed E-state index contributed by atoms with van der Waals surface area (Å²) in [5, 5.41) is 10.6. The Morgan fingerprint density at radius 2 is 1.87 bits per heavy atom. The van der Waals surface area contributed by atoms with Gasteiger partial charge in [0.1, 0.15) is 11.2 Å². The van der Waals surface area contributed by atoms with Gasteiger partial charge in [-0.2, -0.15) is 27.5 Å². The highest BCUT2D eigenvalue weighted by atomic mass is 35.5. The molecule has 0 aromatic carbocycles. The van der Waals surface area contributed by atoms with Gasteiger partial charge in [0.25, 0.3) is 10.2 Å². The Hall–Kier alpha value is -1.69. The van der Waals surface area contributed by atoms with E-state index < -0.39 is 10.2 Å². The molecule has 1 saturated heterocycles. The first kappa shape index (κ1) is 21.2. The highest BCUT2D eigenvalue weighted by Crippen LogP contribution is 2.39. The topological polar surface area (TPSA) is 116 Å². The largest absolute Gasteiger partial charge is 0.369 e. The quantitative estimate of drug-likeness (QED) is 0.555. The van der Waals surface area contributed by atoms with Gasteiger partial charge in [-0.1, -0.05) is 0 Å². The van der Waals surface area contributed by atoms with Crippen LogP contribution in [0.2, 0.25) is 0 Å². The highest BCUT2D eigenvalue weighted by Gasteiger charge is 2.46. The van der Waals surface area contributed by atoms with Gasteiger partial charge in [-0.25, -0.2) is 4.99 Å². The predicted octanol–water partition coefficient (Wildman–Crippen LogP) is 0.893. The zero-order chi connectivity index (χ0) is 21.8. The van der Waals surface area contributed by atoms with Crippen LogP contribution in [0, 0.1) is 11.8 Å². The van der Waals surface area contributed by atoms with E-state index in [4.69, 9.17) is 11.6 Å². The lowest BCUT2D eigenvalue weighted by atomic mass is 10.0. The lowest BCUT2D eigenvalue weighted by Crippen LogP contribution is -2.46. The average Bonchev–Trinajstić information content (AvgIpc) is 3.06. The highest BCUT2D eigenvalue weighted by molar-refractivity contribution is 7.87. The number of rotatable bonds is 5. The molecule has 1 aromatic rings. The maximum absolute atomic E-state index is 12.5. The Kier molecular flexibility index (Phi) is 5.48. The van der Waals surface area contributed by atoms with Crippen LogP contribution in [0.1, 0.15) is 32.6 Å². The molecule has 0 radical (unpaired) electrons. The minimum Gasteiger partial charge on any atom is -0.369 e. The van der Waals surface area contributed by atoms with Crippen LogP contribution < -0.4 is 15.4 Å². The molecule has 1 aromatic heterocycles. The van der Waals surface area contributed by atoms with Gasteiger partial charge < -0.3 is 10.6 Å². The maximum atomic E-state index is 12.5. The molecule has 12 heteroatoms. The molecule has 3 fully saturated rings. The minimum atomic E-state index is -3.35. The van der Waals surface area contributed by atoms with E-state index >= 15 is 0 Å². The van der Waals surface area contributed by atoms with E-state index in [-0.39, 0.29) is 23.5 Å². The number of nitrogens with one attached hydrogen (secondary N) is 3. The predicted molar refractivity (Wildman–Crippen MR) is 121 cm³/mol. The molecule has 31 heavy (non-hydrogen) atoms. The fourth-order valence-corrected chi connectivity index (χ4v) is 6.49. The second-order valence-electron chi connectivity index (χ2n) is 9.17. The number of fused-ring (bicyclic) bond motifs is 1. The number of aromatic nitrogens is 2. The van der Waals surface area contributed by atoms with Crippen molar-refractivity contribution in [3.05, 3.63) is 12.4 Å². The lowest BCUT2D eigenvalue weighted by Gasteiger charge is -2.27. The summed E-state index contributed by atoms with van der Waals surface area (Å²) in [5.74, 6) is 1.97. The van der Waals surface area contributed by atoms with E-state index in [0.717, 1.165) is 37.2 Å². The number of alkyl halides is 1. The van der Waals surface area contributed by atoms with E-state index in [1.165, 1.54) is 0 Å². The molecule has 2 aliphatic carbocycles. The summed E-state index contributed by atoms with van der Waals surface area (Å²) in [7, 11) is -1.49.